The van der Waals surface area contributed by atoms with Crippen molar-refractivity contribution in [2.45, 2.75) is 51.2 Å². The molecule has 0 radical (unpaired) electrons. The maximum atomic E-state index is 12.9. The molecule has 2 unspecified atom stereocenters. The Kier molecular flexibility index (Phi) is 5.47. The fourth-order valence-corrected chi connectivity index (χ4v) is 4.53. The van der Waals surface area contributed by atoms with E-state index < -0.39 is 23.8 Å². The molecule has 0 bridgehead atoms. The first kappa shape index (κ1) is 19.7. The van der Waals surface area contributed by atoms with Gasteiger partial charge in [0.2, 0.25) is 11.8 Å². The second-order valence-electron chi connectivity index (χ2n) is 7.96. The van der Waals surface area contributed by atoms with Crippen molar-refractivity contribution in [1.29, 1.82) is 0 Å². The van der Waals surface area contributed by atoms with Crippen LogP contribution in [-0.2, 0) is 16.1 Å². The number of imide groups is 2. The first-order chi connectivity index (χ1) is 14.0. The molecule has 4 amide bonds. The number of hydrogen-bond donors (Lipinski definition) is 2. The summed E-state index contributed by atoms with van der Waals surface area (Å²) in [7, 11) is 0. The summed E-state index contributed by atoms with van der Waals surface area (Å²) in [5, 5.41) is 5.71. The Labute approximate surface area is 169 Å². The summed E-state index contributed by atoms with van der Waals surface area (Å²) in [4.78, 5) is 52.6. The zero-order valence-electron chi connectivity index (χ0n) is 16.6. The molecule has 0 saturated carbocycles. The molecule has 2 saturated heterocycles. The van der Waals surface area contributed by atoms with Gasteiger partial charge in [0.1, 0.15) is 6.04 Å². The van der Waals surface area contributed by atoms with E-state index in [0.717, 1.165) is 43.1 Å². The molecule has 1 aromatic carbocycles. The Bertz CT molecular complexity index is 866. The molecule has 3 aliphatic heterocycles. The number of nitrogens with one attached hydrogen (secondary N) is 2. The fraction of sp³-hybridized carbons (Fsp3) is 0.524. The van der Waals surface area contributed by atoms with Gasteiger partial charge in [0.25, 0.3) is 11.8 Å². The lowest BCUT2D eigenvalue weighted by Crippen LogP contribution is -2.54. The molecule has 3 heterocycles. The van der Waals surface area contributed by atoms with E-state index >= 15 is 0 Å². The Morgan fingerprint density at radius 2 is 1.90 bits per heavy atom. The van der Waals surface area contributed by atoms with Crippen LogP contribution >= 0.6 is 0 Å². The quantitative estimate of drug-likeness (QED) is 0.707. The van der Waals surface area contributed by atoms with E-state index in [9.17, 15) is 19.2 Å². The summed E-state index contributed by atoms with van der Waals surface area (Å²) in [6.07, 6.45) is 2.59. The van der Waals surface area contributed by atoms with Crippen molar-refractivity contribution in [2.75, 3.05) is 19.6 Å². The third-order valence-electron chi connectivity index (χ3n) is 5.91. The van der Waals surface area contributed by atoms with E-state index in [-0.39, 0.29) is 18.7 Å². The van der Waals surface area contributed by atoms with Crippen molar-refractivity contribution in [2.24, 2.45) is 0 Å². The van der Waals surface area contributed by atoms with Gasteiger partial charge >= 0.3 is 0 Å². The minimum Gasteiger partial charge on any atom is -0.313 e. The number of nitrogens with zero attached hydrogens (tertiary/aromatic N) is 2. The van der Waals surface area contributed by atoms with Gasteiger partial charge in [-0.25, -0.2) is 0 Å². The van der Waals surface area contributed by atoms with E-state index in [1.165, 1.54) is 6.42 Å². The van der Waals surface area contributed by atoms with E-state index in [4.69, 9.17) is 0 Å². The van der Waals surface area contributed by atoms with Gasteiger partial charge in [0, 0.05) is 25.6 Å². The molecule has 154 valence electrons. The predicted molar refractivity (Wildman–Crippen MR) is 105 cm³/mol. The second kappa shape index (κ2) is 8.04. The Morgan fingerprint density at radius 3 is 2.66 bits per heavy atom. The van der Waals surface area contributed by atoms with Gasteiger partial charge in [-0.1, -0.05) is 13.0 Å². The SMILES string of the molecule is CCNC1CCCN(Cc2ccc3c(c2)C(=O)N(C2CCC(=O)NC2=O)C3=O)C1. The number of piperidine rings is 2. The van der Waals surface area contributed by atoms with Crippen LogP contribution in [0.5, 0.6) is 0 Å². The highest BCUT2D eigenvalue weighted by atomic mass is 16.2. The van der Waals surface area contributed by atoms with E-state index in [0.29, 0.717) is 17.2 Å². The molecule has 0 spiro atoms. The number of benzene rings is 1. The van der Waals surface area contributed by atoms with Crippen molar-refractivity contribution in [1.82, 2.24) is 20.4 Å². The molecule has 2 atom stereocenters. The lowest BCUT2D eigenvalue weighted by atomic mass is 10.0. The first-order valence-corrected chi connectivity index (χ1v) is 10.3. The van der Waals surface area contributed by atoms with Crippen LogP contribution in [-0.4, -0.2) is 65.1 Å². The normalized spacial score (nSPS) is 25.3. The van der Waals surface area contributed by atoms with E-state index in [2.05, 4.69) is 22.5 Å². The molecule has 29 heavy (non-hydrogen) atoms. The standard InChI is InChI=1S/C21H26N4O4/c1-2-22-14-4-3-9-24(12-14)11-13-5-6-15-16(10-13)21(29)25(20(15)28)17-7-8-18(26)23-19(17)27/h5-6,10,14,17,22H,2-4,7-9,11-12H2,1H3,(H,23,26,27). The maximum absolute atomic E-state index is 12.9. The Morgan fingerprint density at radius 1 is 1.10 bits per heavy atom. The molecule has 8 heteroatoms. The topological polar surface area (TPSA) is 98.8 Å². The third-order valence-corrected chi connectivity index (χ3v) is 5.91. The largest absolute Gasteiger partial charge is 0.313 e. The Hall–Kier alpha value is -2.58. The van der Waals surface area contributed by atoms with Gasteiger partial charge in [-0.2, -0.15) is 0 Å². The van der Waals surface area contributed by atoms with E-state index in [1.807, 2.05) is 6.07 Å². The van der Waals surface area contributed by atoms with Crippen molar-refractivity contribution < 1.29 is 19.2 Å². The predicted octanol–water partition coefficient (Wildman–Crippen LogP) is 0.662. The van der Waals surface area contributed by atoms with Crippen LogP contribution in [0.3, 0.4) is 0 Å². The number of likely N-dealkylation sites (tertiary alicyclic amines) is 1. The smallest absolute Gasteiger partial charge is 0.262 e. The highest BCUT2D eigenvalue weighted by molar-refractivity contribution is 6.23. The molecule has 1 aromatic rings. The average molecular weight is 398 g/mol. The fourth-order valence-electron chi connectivity index (χ4n) is 4.53. The number of carbonyl (C=O) groups excluding carboxylic acids is 4. The van der Waals surface area contributed by atoms with Crippen molar-refractivity contribution >= 4 is 23.6 Å². The zero-order valence-corrected chi connectivity index (χ0v) is 16.6. The number of amides is 4. The zero-order chi connectivity index (χ0) is 20.5. The molecule has 0 aliphatic carbocycles. The summed E-state index contributed by atoms with van der Waals surface area (Å²) in [5.74, 6) is -1.87. The van der Waals surface area contributed by atoms with Gasteiger partial charge in [0.15, 0.2) is 0 Å². The number of carbonyl (C=O) groups is 4. The van der Waals surface area contributed by atoms with Gasteiger partial charge < -0.3 is 5.32 Å². The number of hydrogen-bond acceptors (Lipinski definition) is 6. The van der Waals surface area contributed by atoms with Crippen LogP contribution in [0.2, 0.25) is 0 Å². The lowest BCUT2D eigenvalue weighted by Gasteiger charge is -2.33. The number of rotatable bonds is 5. The summed E-state index contributed by atoms with van der Waals surface area (Å²) in [6, 6.07) is 4.90. The molecular weight excluding hydrogens is 372 g/mol. The maximum Gasteiger partial charge on any atom is 0.262 e. The highest BCUT2D eigenvalue weighted by Gasteiger charge is 2.44. The lowest BCUT2D eigenvalue weighted by molar-refractivity contribution is -0.136. The summed E-state index contributed by atoms with van der Waals surface area (Å²) in [6.45, 7) is 5.74. The molecule has 8 nitrogen and oxygen atoms in total. The van der Waals surface area contributed by atoms with Crippen LogP contribution in [0.25, 0.3) is 0 Å². The van der Waals surface area contributed by atoms with Gasteiger partial charge in [-0.15, -0.1) is 0 Å². The minimum atomic E-state index is -0.925. The van der Waals surface area contributed by atoms with Crippen LogP contribution in [0.1, 0.15) is 58.9 Å². The average Bonchev–Trinajstić information content (AvgIpc) is 2.93. The first-order valence-electron chi connectivity index (χ1n) is 10.3. The van der Waals surface area contributed by atoms with Crippen molar-refractivity contribution in [3.8, 4) is 0 Å². The molecule has 0 aromatic heterocycles. The van der Waals surface area contributed by atoms with Crippen molar-refractivity contribution in [3.63, 3.8) is 0 Å². The van der Waals surface area contributed by atoms with Crippen LogP contribution in [0.15, 0.2) is 18.2 Å². The molecule has 3 aliphatic rings. The van der Waals surface area contributed by atoms with Crippen LogP contribution in [0, 0.1) is 0 Å². The third kappa shape index (κ3) is 3.82. The number of likely N-dealkylation sites (N-methyl/N-ethyl adjacent to an activating group) is 1. The van der Waals surface area contributed by atoms with Crippen LogP contribution < -0.4 is 10.6 Å². The van der Waals surface area contributed by atoms with Crippen molar-refractivity contribution in [3.05, 3.63) is 34.9 Å². The second-order valence-corrected chi connectivity index (χ2v) is 7.96. The van der Waals surface area contributed by atoms with E-state index in [1.54, 1.807) is 12.1 Å². The van der Waals surface area contributed by atoms with Gasteiger partial charge in [-0.3, -0.25) is 34.3 Å². The summed E-state index contributed by atoms with van der Waals surface area (Å²) < 4.78 is 0. The number of fused-ring (bicyclic) bond motifs is 1. The summed E-state index contributed by atoms with van der Waals surface area (Å²) in [5.41, 5.74) is 1.65. The molecule has 4 rings (SSSR count). The van der Waals surface area contributed by atoms with Crippen LogP contribution in [0.4, 0.5) is 0 Å². The highest BCUT2D eigenvalue weighted by Crippen LogP contribution is 2.29. The molecule has 2 fully saturated rings. The minimum absolute atomic E-state index is 0.122. The van der Waals surface area contributed by atoms with Gasteiger partial charge in [0.05, 0.1) is 11.1 Å². The van der Waals surface area contributed by atoms with Gasteiger partial charge in [-0.05, 0) is 50.0 Å². The monoisotopic (exact) mass is 398 g/mol. The Balaban J connectivity index is 1.50. The molecular formula is C21H26N4O4. The molecule has 2 N–H and O–H groups in total. The summed E-state index contributed by atoms with van der Waals surface area (Å²) >= 11 is 0.